The molecule has 92 valence electrons. The molecule has 1 aromatic carbocycles. The number of carbonyl (C=O) groups excluding carboxylic acids is 1. The van der Waals surface area contributed by atoms with Crippen molar-refractivity contribution < 1.29 is 17.9 Å². The van der Waals surface area contributed by atoms with Gasteiger partial charge < -0.3 is 4.74 Å². The predicted molar refractivity (Wildman–Crippen MR) is 65.5 cm³/mol. The summed E-state index contributed by atoms with van der Waals surface area (Å²) in [6, 6.07) is 4.45. The maximum Gasteiger partial charge on any atom is 0.389 e. The Labute approximate surface area is 106 Å². The van der Waals surface area contributed by atoms with Gasteiger partial charge in [-0.3, -0.25) is 0 Å². The zero-order valence-corrected chi connectivity index (χ0v) is 10.4. The number of esters is 1. The zero-order chi connectivity index (χ0) is 13.3. The highest BCUT2D eigenvalue weighted by atomic mass is 32.2. The van der Waals surface area contributed by atoms with Crippen LogP contribution in [-0.4, -0.2) is 19.4 Å². The van der Waals surface area contributed by atoms with Gasteiger partial charge >= 0.3 is 5.97 Å². The first-order valence-corrected chi connectivity index (χ1v) is 6.88. The normalized spacial score (nSPS) is 11.1. The van der Waals surface area contributed by atoms with Gasteiger partial charge in [-0.05, 0) is 12.1 Å². The number of sulfonamides is 1. The molecule has 0 aliphatic carbocycles. The summed E-state index contributed by atoms with van der Waals surface area (Å²) in [5.41, 5.74) is 0.449. The molecule has 0 unspecified atom stereocenters. The molecular formula is C10H6N2O4S2. The van der Waals surface area contributed by atoms with Crippen LogP contribution in [0.25, 0.3) is 10.2 Å². The first-order chi connectivity index (χ1) is 8.40. The standard InChI is InChI=1S/C10H6N2O4S2/c1-2-9(13)16-6-3-4-7-8(5-6)17-10(12-7)18(11,14)15/h1,3-5H,(H2,11,14,15). The van der Waals surface area contributed by atoms with Gasteiger partial charge in [0.2, 0.25) is 4.34 Å². The number of hydrogen-bond acceptors (Lipinski definition) is 6. The second-order valence-electron chi connectivity index (χ2n) is 3.19. The molecule has 0 spiro atoms. The Balaban J connectivity index is 2.47. The Kier molecular flexibility index (Phi) is 3.04. The summed E-state index contributed by atoms with van der Waals surface area (Å²) in [5.74, 6) is 1.19. The van der Waals surface area contributed by atoms with Gasteiger partial charge in [0.1, 0.15) is 5.75 Å². The van der Waals surface area contributed by atoms with Crippen LogP contribution in [0.2, 0.25) is 0 Å². The number of terminal acetylenes is 1. The summed E-state index contributed by atoms with van der Waals surface area (Å²) in [7, 11) is -3.84. The Morgan fingerprint density at radius 2 is 2.22 bits per heavy atom. The quantitative estimate of drug-likeness (QED) is 0.374. The van der Waals surface area contributed by atoms with E-state index in [-0.39, 0.29) is 10.1 Å². The number of benzene rings is 1. The molecule has 18 heavy (non-hydrogen) atoms. The summed E-state index contributed by atoms with van der Waals surface area (Å²) in [5, 5.41) is 4.97. The molecule has 0 fully saturated rings. The molecule has 0 aliphatic rings. The first-order valence-electron chi connectivity index (χ1n) is 4.52. The summed E-state index contributed by atoms with van der Waals surface area (Å²) >= 11 is 0.886. The van der Waals surface area contributed by atoms with Crippen molar-refractivity contribution in [2.75, 3.05) is 0 Å². The third kappa shape index (κ3) is 2.48. The number of hydrogen-bond donors (Lipinski definition) is 1. The van der Waals surface area contributed by atoms with Crippen molar-refractivity contribution in [3.05, 3.63) is 18.2 Å². The second-order valence-corrected chi connectivity index (χ2v) is 5.95. The van der Waals surface area contributed by atoms with E-state index in [0.717, 1.165) is 11.3 Å². The SMILES string of the molecule is C#CC(=O)Oc1ccc2nc(S(N)(=O)=O)sc2c1. The van der Waals surface area contributed by atoms with Crippen LogP contribution in [0.3, 0.4) is 0 Å². The van der Waals surface area contributed by atoms with Crippen LogP contribution in [0, 0.1) is 12.3 Å². The van der Waals surface area contributed by atoms with E-state index in [1.807, 2.05) is 0 Å². The van der Waals surface area contributed by atoms with Crippen LogP contribution in [0.1, 0.15) is 0 Å². The molecule has 0 radical (unpaired) electrons. The van der Waals surface area contributed by atoms with E-state index in [4.69, 9.17) is 16.3 Å². The van der Waals surface area contributed by atoms with Crippen molar-refractivity contribution in [3.8, 4) is 18.1 Å². The van der Waals surface area contributed by atoms with Gasteiger partial charge in [-0.1, -0.05) is 0 Å². The highest BCUT2D eigenvalue weighted by molar-refractivity contribution is 7.91. The molecule has 2 aromatic rings. The number of aromatic nitrogens is 1. The topological polar surface area (TPSA) is 99.3 Å². The molecule has 2 N–H and O–H groups in total. The highest BCUT2D eigenvalue weighted by Crippen LogP contribution is 2.28. The lowest BCUT2D eigenvalue weighted by molar-refractivity contribution is -0.128. The van der Waals surface area contributed by atoms with Gasteiger partial charge in [0.15, 0.2) is 0 Å². The molecule has 0 bridgehead atoms. The number of primary sulfonamides is 1. The molecule has 1 heterocycles. The van der Waals surface area contributed by atoms with E-state index < -0.39 is 16.0 Å². The third-order valence-corrected chi connectivity index (χ3v) is 4.25. The lowest BCUT2D eigenvalue weighted by Crippen LogP contribution is -2.11. The summed E-state index contributed by atoms with van der Waals surface area (Å²) in [6.45, 7) is 0. The van der Waals surface area contributed by atoms with Crippen LogP contribution < -0.4 is 9.88 Å². The Bertz CT molecular complexity index is 771. The molecule has 2 rings (SSSR count). The number of carbonyl (C=O) groups is 1. The minimum Gasteiger partial charge on any atom is -0.417 e. The van der Waals surface area contributed by atoms with Gasteiger partial charge in [-0.15, -0.1) is 17.8 Å². The number of fused-ring (bicyclic) bond motifs is 1. The molecule has 0 aliphatic heterocycles. The second kappa shape index (κ2) is 4.38. The van der Waals surface area contributed by atoms with Crippen molar-refractivity contribution in [2.45, 2.75) is 4.34 Å². The number of nitrogens with zero attached hydrogens (tertiary/aromatic N) is 1. The summed E-state index contributed by atoms with van der Waals surface area (Å²) in [4.78, 5) is 14.7. The lowest BCUT2D eigenvalue weighted by Gasteiger charge is -1.98. The van der Waals surface area contributed by atoms with E-state index in [1.54, 1.807) is 5.92 Å². The van der Waals surface area contributed by atoms with Crippen LogP contribution in [0.4, 0.5) is 0 Å². The van der Waals surface area contributed by atoms with Crippen molar-refractivity contribution >= 4 is 37.5 Å². The van der Waals surface area contributed by atoms with Gasteiger partial charge in [-0.25, -0.2) is 23.3 Å². The van der Waals surface area contributed by atoms with E-state index in [2.05, 4.69) is 4.98 Å². The molecule has 1 aromatic heterocycles. The first kappa shape index (κ1) is 12.5. The lowest BCUT2D eigenvalue weighted by atomic mass is 10.3. The number of nitrogens with two attached hydrogens (primary N) is 1. The van der Waals surface area contributed by atoms with Crippen molar-refractivity contribution in [1.82, 2.24) is 4.98 Å². The Hall–Kier alpha value is -1.95. The Morgan fingerprint density at radius 3 is 2.83 bits per heavy atom. The average Bonchev–Trinajstić information content (AvgIpc) is 2.71. The largest absolute Gasteiger partial charge is 0.417 e. The van der Waals surface area contributed by atoms with Gasteiger partial charge in [0, 0.05) is 12.0 Å². The minimum absolute atomic E-state index is 0.196. The number of thiazole rings is 1. The molecular weight excluding hydrogens is 276 g/mol. The third-order valence-electron chi connectivity index (χ3n) is 1.91. The average molecular weight is 282 g/mol. The zero-order valence-electron chi connectivity index (χ0n) is 8.78. The smallest absolute Gasteiger partial charge is 0.389 e. The van der Waals surface area contributed by atoms with E-state index in [0.29, 0.717) is 10.2 Å². The molecule has 0 saturated carbocycles. The van der Waals surface area contributed by atoms with Crippen molar-refractivity contribution in [2.24, 2.45) is 5.14 Å². The fourth-order valence-corrected chi connectivity index (χ4v) is 2.89. The Morgan fingerprint density at radius 1 is 1.50 bits per heavy atom. The molecule has 0 amide bonds. The summed E-state index contributed by atoms with van der Waals surface area (Å²) in [6.07, 6.45) is 4.86. The summed E-state index contributed by atoms with van der Waals surface area (Å²) < 4.78 is 27.4. The van der Waals surface area contributed by atoms with E-state index in [1.165, 1.54) is 18.2 Å². The molecule has 0 saturated heterocycles. The van der Waals surface area contributed by atoms with Crippen LogP contribution in [0.5, 0.6) is 5.75 Å². The van der Waals surface area contributed by atoms with Crippen LogP contribution >= 0.6 is 11.3 Å². The van der Waals surface area contributed by atoms with Gasteiger partial charge in [-0.2, -0.15) is 0 Å². The molecule has 8 heteroatoms. The van der Waals surface area contributed by atoms with Crippen LogP contribution in [-0.2, 0) is 14.8 Å². The number of rotatable bonds is 2. The van der Waals surface area contributed by atoms with Crippen LogP contribution in [0.15, 0.2) is 22.5 Å². The van der Waals surface area contributed by atoms with Crippen molar-refractivity contribution in [1.29, 1.82) is 0 Å². The van der Waals surface area contributed by atoms with Gasteiger partial charge in [0.25, 0.3) is 10.0 Å². The molecule has 0 atom stereocenters. The fraction of sp³-hybridized carbons (Fsp3) is 0. The van der Waals surface area contributed by atoms with Gasteiger partial charge in [0.05, 0.1) is 10.2 Å². The predicted octanol–water partition coefficient (Wildman–Crippen LogP) is 0.482. The maximum atomic E-state index is 11.1. The maximum absolute atomic E-state index is 11.1. The van der Waals surface area contributed by atoms with E-state index >= 15 is 0 Å². The fourth-order valence-electron chi connectivity index (χ4n) is 1.21. The highest BCUT2D eigenvalue weighted by Gasteiger charge is 2.15. The molecule has 6 nitrogen and oxygen atoms in total. The van der Waals surface area contributed by atoms with E-state index in [9.17, 15) is 13.2 Å². The van der Waals surface area contributed by atoms with Crippen molar-refractivity contribution in [3.63, 3.8) is 0 Å². The number of ether oxygens (including phenoxy) is 1. The minimum atomic E-state index is -3.84. The monoisotopic (exact) mass is 282 g/mol.